The Hall–Kier alpha value is -1.55. The molecule has 1 aromatic rings. The van der Waals surface area contributed by atoms with Gasteiger partial charge >= 0.3 is 6.09 Å². The van der Waals surface area contributed by atoms with Crippen molar-refractivity contribution in [1.29, 1.82) is 0 Å². The molecule has 0 unspecified atom stereocenters. The standard InChI is InChI=1S/C15H24N2O2/c1-17(2)12-7-11-16-15(18)19-13-6-10-14-8-4-3-5-9-14/h3-5,8-9H,6-7,10-13H2,1-2H3,(H,16,18). The second-order valence-electron chi connectivity index (χ2n) is 4.81. The molecule has 0 aliphatic carbocycles. The Morgan fingerprint density at radius 3 is 2.63 bits per heavy atom. The molecule has 4 nitrogen and oxygen atoms in total. The van der Waals surface area contributed by atoms with Crippen molar-refractivity contribution in [3.63, 3.8) is 0 Å². The lowest BCUT2D eigenvalue weighted by Crippen LogP contribution is -2.28. The zero-order valence-electron chi connectivity index (χ0n) is 11.9. The molecule has 0 aliphatic heterocycles. The van der Waals surface area contributed by atoms with Crippen LogP contribution in [0.25, 0.3) is 0 Å². The van der Waals surface area contributed by atoms with Crippen molar-refractivity contribution in [2.75, 3.05) is 33.8 Å². The lowest BCUT2D eigenvalue weighted by atomic mass is 10.1. The second kappa shape index (κ2) is 9.39. The van der Waals surface area contributed by atoms with Gasteiger partial charge in [0.05, 0.1) is 6.61 Å². The molecule has 0 spiro atoms. The maximum absolute atomic E-state index is 11.4. The van der Waals surface area contributed by atoms with Crippen LogP contribution in [0.3, 0.4) is 0 Å². The van der Waals surface area contributed by atoms with Gasteiger partial charge in [-0.2, -0.15) is 0 Å². The maximum atomic E-state index is 11.4. The Labute approximate surface area is 115 Å². The third-order valence-electron chi connectivity index (χ3n) is 2.74. The average Bonchev–Trinajstić information content (AvgIpc) is 2.41. The molecule has 1 aromatic carbocycles. The highest BCUT2D eigenvalue weighted by atomic mass is 16.5. The first kappa shape index (κ1) is 15.5. The number of hydrogen-bond donors (Lipinski definition) is 1. The molecular formula is C15H24N2O2. The molecule has 1 N–H and O–H groups in total. The van der Waals surface area contributed by atoms with E-state index in [0.717, 1.165) is 25.8 Å². The second-order valence-corrected chi connectivity index (χ2v) is 4.81. The number of benzene rings is 1. The van der Waals surface area contributed by atoms with Gasteiger partial charge in [-0.1, -0.05) is 30.3 Å². The summed E-state index contributed by atoms with van der Waals surface area (Å²) in [6.45, 7) is 2.10. The fraction of sp³-hybridized carbons (Fsp3) is 0.533. The van der Waals surface area contributed by atoms with E-state index in [1.807, 2.05) is 32.3 Å². The number of nitrogens with one attached hydrogen (secondary N) is 1. The predicted molar refractivity (Wildman–Crippen MR) is 77.3 cm³/mol. The number of alkyl carbamates (subject to hydrolysis) is 1. The number of ether oxygens (including phenoxy) is 1. The fourth-order valence-corrected chi connectivity index (χ4v) is 1.72. The Balaban J connectivity index is 1.98. The molecule has 19 heavy (non-hydrogen) atoms. The summed E-state index contributed by atoms with van der Waals surface area (Å²) in [4.78, 5) is 13.4. The molecule has 0 saturated carbocycles. The molecule has 0 fully saturated rings. The topological polar surface area (TPSA) is 41.6 Å². The van der Waals surface area contributed by atoms with Crippen LogP contribution in [0.15, 0.2) is 30.3 Å². The van der Waals surface area contributed by atoms with E-state index in [1.165, 1.54) is 5.56 Å². The maximum Gasteiger partial charge on any atom is 0.407 e. The van der Waals surface area contributed by atoms with Gasteiger partial charge < -0.3 is 15.0 Å². The van der Waals surface area contributed by atoms with E-state index in [-0.39, 0.29) is 6.09 Å². The average molecular weight is 264 g/mol. The smallest absolute Gasteiger partial charge is 0.407 e. The van der Waals surface area contributed by atoms with Crippen LogP contribution >= 0.6 is 0 Å². The molecule has 4 heteroatoms. The van der Waals surface area contributed by atoms with Gasteiger partial charge in [0.15, 0.2) is 0 Å². The highest BCUT2D eigenvalue weighted by Crippen LogP contribution is 2.02. The minimum Gasteiger partial charge on any atom is -0.450 e. The highest BCUT2D eigenvalue weighted by molar-refractivity contribution is 5.66. The van der Waals surface area contributed by atoms with Gasteiger partial charge in [0.25, 0.3) is 0 Å². The van der Waals surface area contributed by atoms with Crippen LogP contribution in [0.5, 0.6) is 0 Å². The minimum atomic E-state index is -0.313. The predicted octanol–water partition coefficient (Wildman–Crippen LogP) is 2.30. The molecule has 0 saturated heterocycles. The normalized spacial score (nSPS) is 10.5. The molecule has 0 radical (unpaired) electrons. The van der Waals surface area contributed by atoms with Crippen LogP contribution in [0, 0.1) is 0 Å². The van der Waals surface area contributed by atoms with Crippen LogP contribution in [-0.2, 0) is 11.2 Å². The fourth-order valence-electron chi connectivity index (χ4n) is 1.72. The molecule has 0 aromatic heterocycles. The number of aryl methyl sites for hydroxylation is 1. The zero-order valence-corrected chi connectivity index (χ0v) is 11.9. The third kappa shape index (κ3) is 8.21. The van der Waals surface area contributed by atoms with Gasteiger partial charge in [-0.3, -0.25) is 0 Å². The molecule has 1 rings (SSSR count). The van der Waals surface area contributed by atoms with Crippen molar-refractivity contribution in [2.24, 2.45) is 0 Å². The van der Waals surface area contributed by atoms with Crippen LogP contribution in [0.1, 0.15) is 18.4 Å². The number of carbonyl (C=O) groups excluding carboxylic acids is 1. The van der Waals surface area contributed by atoms with E-state index in [9.17, 15) is 4.79 Å². The summed E-state index contributed by atoms with van der Waals surface area (Å²) >= 11 is 0. The molecule has 0 aliphatic rings. The number of carbonyl (C=O) groups is 1. The minimum absolute atomic E-state index is 0.313. The molecule has 0 bridgehead atoms. The SMILES string of the molecule is CN(C)CCCNC(=O)OCCCc1ccccc1. The summed E-state index contributed by atoms with van der Waals surface area (Å²) in [6, 6.07) is 10.2. The van der Waals surface area contributed by atoms with Crippen molar-refractivity contribution in [3.05, 3.63) is 35.9 Å². The first-order valence-corrected chi connectivity index (χ1v) is 6.78. The van der Waals surface area contributed by atoms with Gasteiger partial charge in [0.2, 0.25) is 0 Å². The summed E-state index contributed by atoms with van der Waals surface area (Å²) in [6.07, 6.45) is 2.42. The molecule has 0 atom stereocenters. The monoisotopic (exact) mass is 264 g/mol. The molecule has 1 amide bonds. The summed E-state index contributed by atoms with van der Waals surface area (Å²) in [5.41, 5.74) is 1.28. The summed E-state index contributed by atoms with van der Waals surface area (Å²) in [7, 11) is 4.03. The Morgan fingerprint density at radius 1 is 1.21 bits per heavy atom. The van der Waals surface area contributed by atoms with Gasteiger partial charge in [-0.05, 0) is 45.5 Å². The van der Waals surface area contributed by atoms with Gasteiger partial charge in [-0.25, -0.2) is 4.79 Å². The summed E-state index contributed by atoms with van der Waals surface area (Å²) in [5, 5.41) is 2.75. The summed E-state index contributed by atoms with van der Waals surface area (Å²) < 4.78 is 5.11. The first-order valence-electron chi connectivity index (χ1n) is 6.78. The van der Waals surface area contributed by atoms with Gasteiger partial charge in [0.1, 0.15) is 0 Å². The number of rotatable bonds is 8. The zero-order chi connectivity index (χ0) is 13.9. The van der Waals surface area contributed by atoms with Crippen LogP contribution in [0.4, 0.5) is 4.79 Å². The van der Waals surface area contributed by atoms with Gasteiger partial charge in [-0.15, -0.1) is 0 Å². The third-order valence-corrected chi connectivity index (χ3v) is 2.74. The molecule has 0 heterocycles. The lowest BCUT2D eigenvalue weighted by Gasteiger charge is -2.10. The number of amides is 1. The highest BCUT2D eigenvalue weighted by Gasteiger charge is 2.01. The van der Waals surface area contributed by atoms with E-state index >= 15 is 0 Å². The largest absolute Gasteiger partial charge is 0.450 e. The van der Waals surface area contributed by atoms with Crippen LogP contribution in [0.2, 0.25) is 0 Å². The van der Waals surface area contributed by atoms with Gasteiger partial charge in [0, 0.05) is 6.54 Å². The van der Waals surface area contributed by atoms with Crippen molar-refractivity contribution in [3.8, 4) is 0 Å². The molecule has 106 valence electrons. The van der Waals surface area contributed by atoms with Crippen LogP contribution in [-0.4, -0.2) is 44.8 Å². The quantitative estimate of drug-likeness (QED) is 0.733. The number of hydrogen-bond acceptors (Lipinski definition) is 3. The Bertz CT molecular complexity index is 352. The van der Waals surface area contributed by atoms with Crippen LogP contribution < -0.4 is 5.32 Å². The summed E-state index contributed by atoms with van der Waals surface area (Å²) in [5.74, 6) is 0. The van der Waals surface area contributed by atoms with E-state index in [2.05, 4.69) is 22.3 Å². The Morgan fingerprint density at radius 2 is 1.95 bits per heavy atom. The van der Waals surface area contributed by atoms with E-state index in [4.69, 9.17) is 4.74 Å². The van der Waals surface area contributed by atoms with E-state index < -0.39 is 0 Å². The molecular weight excluding hydrogens is 240 g/mol. The Kier molecular flexibility index (Phi) is 7.66. The van der Waals surface area contributed by atoms with Crippen molar-refractivity contribution >= 4 is 6.09 Å². The van der Waals surface area contributed by atoms with Crippen molar-refractivity contribution in [1.82, 2.24) is 10.2 Å². The number of nitrogens with zero attached hydrogens (tertiary/aromatic N) is 1. The van der Waals surface area contributed by atoms with E-state index in [1.54, 1.807) is 0 Å². The lowest BCUT2D eigenvalue weighted by molar-refractivity contribution is 0.144. The van der Waals surface area contributed by atoms with Crippen molar-refractivity contribution < 1.29 is 9.53 Å². The van der Waals surface area contributed by atoms with E-state index in [0.29, 0.717) is 13.2 Å². The first-order chi connectivity index (χ1) is 9.18. The van der Waals surface area contributed by atoms with Crippen molar-refractivity contribution in [2.45, 2.75) is 19.3 Å².